The molecule has 4 nitrogen and oxygen atoms in total. The van der Waals surface area contributed by atoms with Crippen LogP contribution in [0, 0.1) is 18.3 Å². The predicted octanol–water partition coefficient (Wildman–Crippen LogP) is 1.81. The molecule has 0 aliphatic heterocycles. The normalized spacial score (nSPS) is 10.4. The first-order valence-electron chi connectivity index (χ1n) is 6.29. The van der Waals surface area contributed by atoms with Crippen molar-refractivity contribution >= 4 is 0 Å². The van der Waals surface area contributed by atoms with Crippen LogP contribution in [-0.4, -0.2) is 17.8 Å². The summed E-state index contributed by atoms with van der Waals surface area (Å²) >= 11 is 0. The van der Waals surface area contributed by atoms with Crippen LogP contribution in [0.1, 0.15) is 32.0 Å². The van der Waals surface area contributed by atoms with Crippen LogP contribution in [0.5, 0.6) is 0 Å². The molecule has 1 rings (SSSR count). The van der Waals surface area contributed by atoms with Crippen molar-refractivity contribution in [2.24, 2.45) is 0 Å². The zero-order chi connectivity index (χ0) is 12.5. The van der Waals surface area contributed by atoms with Gasteiger partial charge in [0, 0.05) is 26.4 Å². The van der Waals surface area contributed by atoms with E-state index in [0.717, 1.165) is 39.1 Å². The van der Waals surface area contributed by atoms with Crippen molar-refractivity contribution in [3.8, 4) is 6.07 Å². The number of hydrogen-bond donors (Lipinski definition) is 0. The van der Waals surface area contributed by atoms with Gasteiger partial charge in [0.2, 0.25) is 0 Å². The lowest BCUT2D eigenvalue weighted by atomic mass is 10.3. The molecule has 0 N–H and O–H groups in total. The van der Waals surface area contributed by atoms with E-state index in [9.17, 15) is 0 Å². The topological polar surface area (TPSA) is 41.8 Å². The van der Waals surface area contributed by atoms with E-state index in [4.69, 9.17) is 10.00 Å². The molecule has 0 atom stereocenters. The average molecular weight is 236 g/mol. The van der Waals surface area contributed by atoms with Crippen molar-refractivity contribution in [1.82, 2.24) is 4.57 Å². The Balaban J connectivity index is 2.38. The summed E-state index contributed by atoms with van der Waals surface area (Å²) in [7, 11) is 0. The highest BCUT2D eigenvalue weighted by molar-refractivity contribution is 4.80. The second-order valence-electron chi connectivity index (χ2n) is 4.04. The van der Waals surface area contributed by atoms with Gasteiger partial charge < -0.3 is 4.74 Å². The van der Waals surface area contributed by atoms with Crippen LogP contribution in [0.4, 0.5) is 0 Å². The second-order valence-corrected chi connectivity index (χ2v) is 4.04. The SMILES string of the molecule is CCOCCC[n+]1ccn(CCCC#N)c1C. The zero-order valence-electron chi connectivity index (χ0n) is 10.9. The monoisotopic (exact) mass is 236 g/mol. The Kier molecular flexibility index (Phi) is 6.34. The molecular weight excluding hydrogens is 214 g/mol. The fourth-order valence-corrected chi connectivity index (χ4v) is 1.82. The van der Waals surface area contributed by atoms with Gasteiger partial charge in [-0.25, -0.2) is 9.13 Å². The van der Waals surface area contributed by atoms with Crippen LogP contribution in [0.25, 0.3) is 0 Å². The largest absolute Gasteiger partial charge is 0.382 e. The third kappa shape index (κ3) is 4.58. The van der Waals surface area contributed by atoms with Crippen LogP contribution in [-0.2, 0) is 17.8 Å². The van der Waals surface area contributed by atoms with Gasteiger partial charge >= 0.3 is 0 Å². The van der Waals surface area contributed by atoms with Gasteiger partial charge in [-0.1, -0.05) is 0 Å². The molecule has 1 aromatic heterocycles. The van der Waals surface area contributed by atoms with E-state index in [1.807, 2.05) is 6.92 Å². The molecule has 0 aliphatic carbocycles. The molecule has 0 amide bonds. The minimum atomic E-state index is 0.627. The standard InChI is InChI=1S/C13H22N3O/c1-3-17-12-6-9-16-11-10-15(13(16)2)8-5-4-7-14/h10-11H,3-6,8-9,12H2,1-2H3/q+1. The van der Waals surface area contributed by atoms with Gasteiger partial charge in [0.25, 0.3) is 5.82 Å². The Morgan fingerprint density at radius 3 is 3.00 bits per heavy atom. The summed E-state index contributed by atoms with van der Waals surface area (Å²) in [6, 6.07) is 2.18. The maximum atomic E-state index is 8.51. The summed E-state index contributed by atoms with van der Waals surface area (Å²) in [5.41, 5.74) is 0. The third-order valence-electron chi connectivity index (χ3n) is 2.84. The molecule has 0 aliphatic rings. The van der Waals surface area contributed by atoms with E-state index < -0.39 is 0 Å². The van der Waals surface area contributed by atoms with Gasteiger partial charge in [-0.05, 0) is 13.3 Å². The van der Waals surface area contributed by atoms with Crippen LogP contribution in [0.3, 0.4) is 0 Å². The summed E-state index contributed by atoms with van der Waals surface area (Å²) in [5.74, 6) is 1.25. The molecule has 0 saturated heterocycles. The van der Waals surface area contributed by atoms with E-state index in [-0.39, 0.29) is 0 Å². The van der Waals surface area contributed by atoms with E-state index >= 15 is 0 Å². The fraction of sp³-hybridized carbons (Fsp3) is 0.692. The maximum absolute atomic E-state index is 8.51. The molecule has 17 heavy (non-hydrogen) atoms. The van der Waals surface area contributed by atoms with E-state index in [2.05, 4.69) is 34.5 Å². The first kappa shape index (κ1) is 13.7. The molecule has 0 spiro atoms. The minimum absolute atomic E-state index is 0.627. The van der Waals surface area contributed by atoms with Crippen molar-refractivity contribution in [3.63, 3.8) is 0 Å². The lowest BCUT2D eigenvalue weighted by molar-refractivity contribution is -0.703. The van der Waals surface area contributed by atoms with E-state index in [1.54, 1.807) is 0 Å². The first-order chi connectivity index (χ1) is 8.29. The summed E-state index contributed by atoms with van der Waals surface area (Å²) in [4.78, 5) is 0. The van der Waals surface area contributed by atoms with Crippen LogP contribution in [0.15, 0.2) is 12.4 Å². The van der Waals surface area contributed by atoms with Crippen LogP contribution in [0.2, 0.25) is 0 Å². The number of aryl methyl sites for hydroxylation is 2. The van der Waals surface area contributed by atoms with Crippen molar-refractivity contribution in [2.75, 3.05) is 13.2 Å². The first-order valence-corrected chi connectivity index (χ1v) is 6.29. The quantitative estimate of drug-likeness (QED) is 0.510. The van der Waals surface area contributed by atoms with Gasteiger partial charge in [-0.3, -0.25) is 0 Å². The molecule has 0 unspecified atom stereocenters. The van der Waals surface area contributed by atoms with Crippen molar-refractivity contribution in [3.05, 3.63) is 18.2 Å². The Morgan fingerprint density at radius 1 is 1.47 bits per heavy atom. The summed E-state index contributed by atoms with van der Waals surface area (Å²) in [6.07, 6.45) is 6.79. The third-order valence-corrected chi connectivity index (χ3v) is 2.84. The number of unbranched alkanes of at least 4 members (excludes halogenated alkanes) is 1. The molecule has 94 valence electrons. The highest BCUT2D eigenvalue weighted by Gasteiger charge is 2.10. The maximum Gasteiger partial charge on any atom is 0.253 e. The molecule has 0 radical (unpaired) electrons. The molecule has 1 aromatic rings. The number of ether oxygens (including phenoxy) is 1. The molecule has 4 heteroatoms. The lowest BCUT2D eigenvalue weighted by Gasteiger charge is -2.01. The number of rotatable bonds is 8. The van der Waals surface area contributed by atoms with Gasteiger partial charge in [0.15, 0.2) is 0 Å². The predicted molar refractivity (Wildman–Crippen MR) is 65.3 cm³/mol. The van der Waals surface area contributed by atoms with Gasteiger partial charge in [0.1, 0.15) is 12.4 Å². The molecule has 1 heterocycles. The smallest absolute Gasteiger partial charge is 0.253 e. The molecule has 0 fully saturated rings. The Hall–Kier alpha value is -1.34. The van der Waals surface area contributed by atoms with Crippen molar-refractivity contribution in [2.45, 2.75) is 46.2 Å². The van der Waals surface area contributed by atoms with Crippen molar-refractivity contribution in [1.29, 1.82) is 5.26 Å². The van der Waals surface area contributed by atoms with Gasteiger partial charge in [-0.2, -0.15) is 5.26 Å². The molecule has 0 bridgehead atoms. The highest BCUT2D eigenvalue weighted by Crippen LogP contribution is 1.99. The minimum Gasteiger partial charge on any atom is -0.382 e. The van der Waals surface area contributed by atoms with Gasteiger partial charge in [-0.15, -0.1) is 0 Å². The van der Waals surface area contributed by atoms with E-state index in [0.29, 0.717) is 6.42 Å². The number of imidazole rings is 1. The van der Waals surface area contributed by atoms with E-state index in [1.165, 1.54) is 5.82 Å². The molecule has 0 aromatic carbocycles. The summed E-state index contributed by atoms with van der Waals surface area (Å²) in [6.45, 7) is 7.67. The Morgan fingerprint density at radius 2 is 2.29 bits per heavy atom. The van der Waals surface area contributed by atoms with Crippen LogP contribution < -0.4 is 4.57 Å². The lowest BCUT2D eigenvalue weighted by Crippen LogP contribution is -2.36. The second kappa shape index (κ2) is 7.86. The summed E-state index contributed by atoms with van der Waals surface area (Å²) < 4.78 is 9.77. The molecule has 0 saturated carbocycles. The fourth-order valence-electron chi connectivity index (χ4n) is 1.82. The molecular formula is C13H22N3O+. The zero-order valence-corrected chi connectivity index (χ0v) is 10.9. The number of nitrogens with zero attached hydrogens (tertiary/aromatic N) is 3. The Labute approximate surface area is 103 Å². The number of aromatic nitrogens is 2. The van der Waals surface area contributed by atoms with Crippen molar-refractivity contribution < 1.29 is 9.30 Å². The number of hydrogen-bond acceptors (Lipinski definition) is 2. The summed E-state index contributed by atoms with van der Waals surface area (Å²) in [5, 5.41) is 8.51. The highest BCUT2D eigenvalue weighted by atomic mass is 16.5. The number of nitriles is 1. The van der Waals surface area contributed by atoms with Crippen LogP contribution >= 0.6 is 0 Å². The average Bonchev–Trinajstić information content (AvgIpc) is 2.67. The Bertz CT molecular complexity index is 365. The van der Waals surface area contributed by atoms with Gasteiger partial charge in [0.05, 0.1) is 25.8 Å².